The molecule has 1 aromatic heterocycles. The maximum Gasteiger partial charge on any atom is 0.331 e. The third-order valence-electron chi connectivity index (χ3n) is 3.61. The number of rotatable bonds is 7. The molecule has 28 heavy (non-hydrogen) atoms. The predicted molar refractivity (Wildman–Crippen MR) is 102 cm³/mol. The number of aromatic nitrogens is 2. The van der Waals surface area contributed by atoms with Gasteiger partial charge in [-0.3, -0.25) is 9.48 Å². The fraction of sp³-hybridized carbons (Fsp3) is 0.316. The molecule has 0 saturated carbocycles. The lowest BCUT2D eigenvalue weighted by Crippen LogP contribution is -2.21. The molecular formula is C19H20ClF2N3O3. The molecule has 2 aromatic rings. The van der Waals surface area contributed by atoms with Crippen molar-refractivity contribution in [3.8, 4) is 0 Å². The molecule has 0 bridgehead atoms. The number of hydrogen-bond donors (Lipinski definition) is 1. The van der Waals surface area contributed by atoms with E-state index in [1.807, 2.05) is 19.2 Å². The lowest BCUT2D eigenvalue weighted by molar-refractivity contribution is -0.142. The molecule has 9 heteroatoms. The largest absolute Gasteiger partial charge is 0.452 e. The zero-order chi connectivity index (χ0) is 20.8. The monoisotopic (exact) mass is 411 g/mol. The van der Waals surface area contributed by atoms with Crippen LogP contribution in [0, 0.1) is 24.5 Å². The molecule has 0 aliphatic rings. The molecule has 2 rings (SSSR count). The fourth-order valence-electron chi connectivity index (χ4n) is 2.35. The first-order valence-electron chi connectivity index (χ1n) is 8.50. The smallest absolute Gasteiger partial charge is 0.331 e. The third kappa shape index (κ3) is 5.63. The number of esters is 1. The number of ether oxygens (including phenoxy) is 1. The fourth-order valence-corrected chi connectivity index (χ4v) is 2.66. The van der Waals surface area contributed by atoms with E-state index in [4.69, 9.17) is 16.3 Å². The highest BCUT2D eigenvalue weighted by molar-refractivity contribution is 6.31. The lowest BCUT2D eigenvalue weighted by atomic mass is 10.2. The zero-order valence-corrected chi connectivity index (χ0v) is 16.4. The van der Waals surface area contributed by atoms with Crippen LogP contribution in [0.15, 0.2) is 24.3 Å². The Bertz CT molecular complexity index is 890. The average molecular weight is 412 g/mol. The number of benzene rings is 1. The number of nitrogens with one attached hydrogen (secondary N) is 1. The number of nitrogens with zero attached hydrogens (tertiary/aromatic N) is 2. The van der Waals surface area contributed by atoms with E-state index in [9.17, 15) is 18.4 Å². The maximum absolute atomic E-state index is 13.5. The van der Waals surface area contributed by atoms with Gasteiger partial charge in [-0.1, -0.05) is 31.5 Å². The molecule has 0 saturated heterocycles. The van der Waals surface area contributed by atoms with E-state index in [0.717, 1.165) is 18.2 Å². The Hall–Kier alpha value is -2.74. The van der Waals surface area contributed by atoms with Gasteiger partial charge in [-0.05, 0) is 31.1 Å². The summed E-state index contributed by atoms with van der Waals surface area (Å²) < 4.78 is 33.4. The maximum atomic E-state index is 13.5. The Morgan fingerprint density at radius 2 is 1.96 bits per heavy atom. The van der Waals surface area contributed by atoms with E-state index in [1.165, 1.54) is 12.1 Å². The number of carbonyl (C=O) groups is 2. The second-order valence-corrected chi connectivity index (χ2v) is 6.81. The van der Waals surface area contributed by atoms with Crippen molar-refractivity contribution < 1.29 is 23.1 Å². The van der Waals surface area contributed by atoms with Crippen LogP contribution in [0.4, 0.5) is 14.5 Å². The van der Waals surface area contributed by atoms with Gasteiger partial charge in [0.05, 0.1) is 5.69 Å². The molecule has 1 aromatic carbocycles. The summed E-state index contributed by atoms with van der Waals surface area (Å²) in [5.41, 5.74) is 0.610. The van der Waals surface area contributed by atoms with Crippen LogP contribution >= 0.6 is 11.6 Å². The summed E-state index contributed by atoms with van der Waals surface area (Å²) in [7, 11) is 0. The van der Waals surface area contributed by atoms with Crippen LogP contribution in [0.2, 0.25) is 5.15 Å². The van der Waals surface area contributed by atoms with E-state index in [2.05, 4.69) is 5.10 Å². The molecule has 0 atom stereocenters. The molecule has 150 valence electrons. The Morgan fingerprint density at radius 1 is 1.32 bits per heavy atom. The molecule has 0 radical (unpaired) electrons. The number of para-hydroxylation sites is 1. The van der Waals surface area contributed by atoms with Gasteiger partial charge in [-0.15, -0.1) is 0 Å². The number of amides is 1. The minimum absolute atomic E-state index is 0.344. The van der Waals surface area contributed by atoms with Gasteiger partial charge < -0.3 is 10.1 Å². The molecule has 0 aliphatic carbocycles. The van der Waals surface area contributed by atoms with Gasteiger partial charge in [-0.25, -0.2) is 13.6 Å². The average Bonchev–Trinajstić information content (AvgIpc) is 2.87. The van der Waals surface area contributed by atoms with Crippen LogP contribution in [0.5, 0.6) is 0 Å². The van der Waals surface area contributed by atoms with Crippen molar-refractivity contribution >= 4 is 35.2 Å². The standard InChI is InChI=1S/C19H20ClF2N3O3/c1-11(2)9-25-19(20)13(12(3)24-25)7-8-17(27)28-10-16(26)23-18-14(21)5-4-6-15(18)22/h4-8,11H,9-10H2,1-3H3,(H,23,26)/b8-7+. The summed E-state index contributed by atoms with van der Waals surface area (Å²) in [6, 6.07) is 3.17. The van der Waals surface area contributed by atoms with E-state index in [-0.39, 0.29) is 0 Å². The number of anilines is 1. The van der Waals surface area contributed by atoms with Crippen molar-refractivity contribution in [2.24, 2.45) is 5.92 Å². The second kappa shape index (κ2) is 9.45. The highest BCUT2D eigenvalue weighted by atomic mass is 35.5. The van der Waals surface area contributed by atoms with Crippen LogP contribution in [-0.2, 0) is 20.9 Å². The van der Waals surface area contributed by atoms with Gasteiger partial charge in [0.2, 0.25) is 0 Å². The quantitative estimate of drug-likeness (QED) is 0.552. The van der Waals surface area contributed by atoms with Gasteiger partial charge in [0, 0.05) is 18.2 Å². The molecule has 1 N–H and O–H groups in total. The van der Waals surface area contributed by atoms with Crippen LogP contribution in [-0.4, -0.2) is 28.3 Å². The van der Waals surface area contributed by atoms with Crippen molar-refractivity contribution in [3.63, 3.8) is 0 Å². The van der Waals surface area contributed by atoms with Crippen LogP contribution in [0.1, 0.15) is 25.1 Å². The third-order valence-corrected chi connectivity index (χ3v) is 4.00. The van der Waals surface area contributed by atoms with Crippen LogP contribution in [0.3, 0.4) is 0 Å². The molecule has 6 nitrogen and oxygen atoms in total. The van der Waals surface area contributed by atoms with E-state index in [1.54, 1.807) is 11.6 Å². The number of halogens is 3. The molecule has 0 fully saturated rings. The van der Waals surface area contributed by atoms with Gasteiger partial charge in [0.15, 0.2) is 6.61 Å². The van der Waals surface area contributed by atoms with Crippen molar-refractivity contribution in [1.82, 2.24) is 9.78 Å². The Morgan fingerprint density at radius 3 is 2.57 bits per heavy atom. The van der Waals surface area contributed by atoms with Crippen molar-refractivity contribution in [2.45, 2.75) is 27.3 Å². The van der Waals surface area contributed by atoms with Gasteiger partial charge in [0.25, 0.3) is 5.91 Å². The van der Waals surface area contributed by atoms with Crippen molar-refractivity contribution in [3.05, 3.63) is 52.3 Å². The Balaban J connectivity index is 1.94. The predicted octanol–water partition coefficient (Wildman–Crippen LogP) is 3.97. The van der Waals surface area contributed by atoms with Crippen LogP contribution in [0.25, 0.3) is 6.08 Å². The zero-order valence-electron chi connectivity index (χ0n) is 15.6. The molecule has 0 spiro atoms. The van der Waals surface area contributed by atoms with Crippen LogP contribution < -0.4 is 5.32 Å². The summed E-state index contributed by atoms with van der Waals surface area (Å²) in [5.74, 6) is -3.19. The summed E-state index contributed by atoms with van der Waals surface area (Å²) in [4.78, 5) is 23.5. The summed E-state index contributed by atoms with van der Waals surface area (Å²) in [6.45, 7) is 5.74. The molecule has 0 unspecified atom stereocenters. The molecule has 1 amide bonds. The first-order valence-corrected chi connectivity index (χ1v) is 8.88. The number of carbonyl (C=O) groups excluding carboxylic acids is 2. The van der Waals surface area contributed by atoms with E-state index >= 15 is 0 Å². The minimum atomic E-state index is -0.928. The lowest BCUT2D eigenvalue weighted by Gasteiger charge is -2.07. The summed E-state index contributed by atoms with van der Waals surface area (Å²) in [5, 5.41) is 6.73. The second-order valence-electron chi connectivity index (χ2n) is 6.45. The first kappa shape index (κ1) is 21.6. The van der Waals surface area contributed by atoms with Crippen molar-refractivity contribution in [1.29, 1.82) is 0 Å². The topological polar surface area (TPSA) is 73.2 Å². The van der Waals surface area contributed by atoms with Gasteiger partial charge >= 0.3 is 5.97 Å². The first-order chi connectivity index (χ1) is 13.2. The van der Waals surface area contributed by atoms with E-state index < -0.39 is 35.8 Å². The van der Waals surface area contributed by atoms with Gasteiger partial charge in [0.1, 0.15) is 22.5 Å². The SMILES string of the molecule is Cc1nn(CC(C)C)c(Cl)c1/C=C/C(=O)OCC(=O)Nc1c(F)cccc1F. The summed E-state index contributed by atoms with van der Waals surface area (Å²) >= 11 is 6.27. The van der Waals surface area contributed by atoms with Gasteiger partial charge in [-0.2, -0.15) is 5.10 Å². The van der Waals surface area contributed by atoms with Crippen molar-refractivity contribution in [2.75, 3.05) is 11.9 Å². The molecule has 1 heterocycles. The Labute approximate surface area is 166 Å². The number of hydrogen-bond acceptors (Lipinski definition) is 4. The summed E-state index contributed by atoms with van der Waals surface area (Å²) in [6.07, 6.45) is 2.55. The molecular weight excluding hydrogens is 392 g/mol. The Kier molecular flexibility index (Phi) is 7.28. The minimum Gasteiger partial charge on any atom is -0.452 e. The number of aryl methyl sites for hydroxylation is 1. The van der Waals surface area contributed by atoms with E-state index in [0.29, 0.717) is 28.9 Å². The highest BCUT2D eigenvalue weighted by Crippen LogP contribution is 2.22. The highest BCUT2D eigenvalue weighted by Gasteiger charge is 2.14. The normalized spacial score (nSPS) is 11.2. The molecule has 0 aliphatic heterocycles.